The number of hydrogen-bond donors (Lipinski definition) is 1. The second kappa shape index (κ2) is 6.41. The Morgan fingerprint density at radius 2 is 2.00 bits per heavy atom. The lowest BCUT2D eigenvalue weighted by Crippen LogP contribution is -2.30. The molecule has 0 aliphatic heterocycles. The van der Waals surface area contributed by atoms with Gasteiger partial charge in [-0.2, -0.15) is 0 Å². The van der Waals surface area contributed by atoms with Gasteiger partial charge in [0, 0.05) is 6.04 Å². The van der Waals surface area contributed by atoms with Crippen molar-refractivity contribution in [2.24, 2.45) is 5.92 Å². The molecule has 0 spiro atoms. The van der Waals surface area contributed by atoms with Gasteiger partial charge in [-0.15, -0.1) is 0 Å². The van der Waals surface area contributed by atoms with Gasteiger partial charge >= 0.3 is 0 Å². The van der Waals surface area contributed by atoms with Crippen molar-refractivity contribution in [1.82, 2.24) is 10.2 Å². The molecule has 0 amide bonds. The maximum absolute atomic E-state index is 3.22. The van der Waals surface area contributed by atoms with Gasteiger partial charge in [0.25, 0.3) is 0 Å². The van der Waals surface area contributed by atoms with Crippen LogP contribution >= 0.6 is 0 Å². The molecule has 0 atom stereocenters. The van der Waals surface area contributed by atoms with E-state index in [-0.39, 0.29) is 0 Å². The highest BCUT2D eigenvalue weighted by Crippen LogP contribution is 2.27. The first-order valence-corrected chi connectivity index (χ1v) is 6.12. The Morgan fingerprint density at radius 1 is 1.29 bits per heavy atom. The van der Waals surface area contributed by atoms with Crippen molar-refractivity contribution in [3.8, 4) is 0 Å². The fraction of sp³-hybridized carbons (Fsp3) is 1.00. The fourth-order valence-electron chi connectivity index (χ4n) is 1.80. The lowest BCUT2D eigenvalue weighted by atomic mass is 10.1. The van der Waals surface area contributed by atoms with Crippen molar-refractivity contribution < 1.29 is 0 Å². The summed E-state index contributed by atoms with van der Waals surface area (Å²) in [5, 5.41) is 3.22. The monoisotopic (exact) mass is 198 g/mol. The van der Waals surface area contributed by atoms with Crippen LogP contribution < -0.4 is 5.32 Å². The van der Waals surface area contributed by atoms with Crippen molar-refractivity contribution in [3.05, 3.63) is 0 Å². The van der Waals surface area contributed by atoms with Gasteiger partial charge in [0.15, 0.2) is 0 Å². The van der Waals surface area contributed by atoms with Gasteiger partial charge in [0.1, 0.15) is 0 Å². The Morgan fingerprint density at radius 3 is 2.50 bits per heavy atom. The molecular weight excluding hydrogens is 172 g/mol. The lowest BCUT2D eigenvalue weighted by Gasteiger charge is -2.22. The summed E-state index contributed by atoms with van der Waals surface area (Å²) >= 11 is 0. The van der Waals surface area contributed by atoms with Gasteiger partial charge < -0.3 is 10.2 Å². The van der Waals surface area contributed by atoms with Gasteiger partial charge in [-0.25, -0.2) is 0 Å². The Bertz CT molecular complexity index is 141. The molecule has 0 aromatic carbocycles. The van der Waals surface area contributed by atoms with Crippen molar-refractivity contribution in [1.29, 1.82) is 0 Å². The Labute approximate surface area is 89.1 Å². The third kappa shape index (κ3) is 4.97. The molecular formula is C12H26N2. The predicted molar refractivity (Wildman–Crippen MR) is 62.6 cm³/mol. The summed E-state index contributed by atoms with van der Waals surface area (Å²) in [7, 11) is 2.04. The van der Waals surface area contributed by atoms with E-state index in [1.165, 1.54) is 38.8 Å². The number of hydrogen-bond acceptors (Lipinski definition) is 2. The van der Waals surface area contributed by atoms with Crippen molar-refractivity contribution in [3.63, 3.8) is 0 Å². The molecule has 84 valence electrons. The first-order valence-electron chi connectivity index (χ1n) is 6.12. The second-order valence-corrected chi connectivity index (χ2v) is 4.91. The summed E-state index contributed by atoms with van der Waals surface area (Å²) < 4.78 is 0. The summed E-state index contributed by atoms with van der Waals surface area (Å²) in [5.41, 5.74) is 0. The van der Waals surface area contributed by atoms with Crippen LogP contribution in [0.3, 0.4) is 0 Å². The molecule has 0 aromatic rings. The van der Waals surface area contributed by atoms with E-state index in [9.17, 15) is 0 Å². The molecule has 14 heavy (non-hydrogen) atoms. The topological polar surface area (TPSA) is 15.3 Å². The van der Waals surface area contributed by atoms with E-state index in [1.807, 2.05) is 7.05 Å². The first-order chi connectivity index (χ1) is 6.74. The Hall–Kier alpha value is -0.0800. The van der Waals surface area contributed by atoms with E-state index in [4.69, 9.17) is 0 Å². The average molecular weight is 198 g/mol. The van der Waals surface area contributed by atoms with E-state index in [2.05, 4.69) is 24.1 Å². The molecule has 0 heterocycles. The third-order valence-electron chi connectivity index (χ3n) is 2.93. The Balaban J connectivity index is 2.11. The normalized spacial score (nSPS) is 16.9. The number of rotatable bonds is 8. The molecule has 1 rings (SSSR count). The summed E-state index contributed by atoms with van der Waals surface area (Å²) in [5.74, 6) is 0.848. The molecule has 2 heteroatoms. The quantitative estimate of drug-likeness (QED) is 0.601. The highest BCUT2D eigenvalue weighted by Gasteiger charge is 2.27. The molecule has 0 aromatic heterocycles. The zero-order chi connectivity index (χ0) is 10.4. The molecule has 2 nitrogen and oxygen atoms in total. The van der Waals surface area contributed by atoms with E-state index < -0.39 is 0 Å². The maximum atomic E-state index is 3.22. The van der Waals surface area contributed by atoms with Crippen LogP contribution in [-0.2, 0) is 0 Å². The van der Waals surface area contributed by atoms with Crippen LogP contribution in [0.4, 0.5) is 0 Å². The van der Waals surface area contributed by atoms with Gasteiger partial charge in [0.05, 0.1) is 0 Å². The molecule has 1 fully saturated rings. The smallest absolute Gasteiger partial charge is 0.00964 e. The summed E-state index contributed by atoms with van der Waals surface area (Å²) in [4.78, 5) is 2.69. The highest BCUT2D eigenvalue weighted by atomic mass is 15.2. The van der Waals surface area contributed by atoms with Crippen LogP contribution in [0.15, 0.2) is 0 Å². The summed E-state index contributed by atoms with van der Waals surface area (Å²) in [6.07, 6.45) is 5.54. The van der Waals surface area contributed by atoms with Crippen LogP contribution in [0.2, 0.25) is 0 Å². The van der Waals surface area contributed by atoms with Crippen LogP contribution in [-0.4, -0.2) is 37.6 Å². The van der Waals surface area contributed by atoms with Crippen LogP contribution in [0.25, 0.3) is 0 Å². The van der Waals surface area contributed by atoms with Crippen LogP contribution in [0, 0.1) is 5.92 Å². The van der Waals surface area contributed by atoms with Gasteiger partial charge in [-0.1, -0.05) is 13.8 Å². The minimum Gasteiger partial charge on any atom is -0.320 e. The number of nitrogens with zero attached hydrogens (tertiary/aromatic N) is 1. The van der Waals surface area contributed by atoms with Crippen molar-refractivity contribution in [2.75, 3.05) is 26.7 Å². The second-order valence-electron chi connectivity index (χ2n) is 4.91. The standard InChI is InChI=1S/C12H26N2/c1-11(2)7-10-14(12-5-6-12)9-4-8-13-3/h11-13H,4-10H2,1-3H3. The minimum atomic E-state index is 0.848. The average Bonchev–Trinajstić information content (AvgIpc) is 2.94. The zero-order valence-corrected chi connectivity index (χ0v) is 10.1. The molecule has 1 aliphatic carbocycles. The predicted octanol–water partition coefficient (Wildman–Crippen LogP) is 2.11. The van der Waals surface area contributed by atoms with Gasteiger partial charge in [-0.3, -0.25) is 0 Å². The van der Waals surface area contributed by atoms with Crippen LogP contribution in [0.1, 0.15) is 39.5 Å². The minimum absolute atomic E-state index is 0.848. The van der Waals surface area contributed by atoms with Gasteiger partial charge in [0.2, 0.25) is 0 Å². The van der Waals surface area contributed by atoms with Crippen molar-refractivity contribution >= 4 is 0 Å². The SMILES string of the molecule is CNCCCN(CCC(C)C)C1CC1. The Kier molecular flexibility index (Phi) is 5.49. The molecule has 1 saturated carbocycles. The van der Waals surface area contributed by atoms with E-state index in [0.29, 0.717) is 0 Å². The molecule has 0 saturated heterocycles. The van der Waals surface area contributed by atoms with E-state index in [0.717, 1.165) is 18.5 Å². The number of nitrogens with one attached hydrogen (secondary N) is 1. The van der Waals surface area contributed by atoms with Crippen LogP contribution in [0.5, 0.6) is 0 Å². The zero-order valence-electron chi connectivity index (χ0n) is 10.1. The molecule has 1 N–H and O–H groups in total. The summed E-state index contributed by atoms with van der Waals surface area (Å²) in [6, 6.07) is 0.936. The fourth-order valence-corrected chi connectivity index (χ4v) is 1.80. The molecule has 0 radical (unpaired) electrons. The van der Waals surface area contributed by atoms with Gasteiger partial charge in [-0.05, 0) is 58.3 Å². The molecule has 0 bridgehead atoms. The third-order valence-corrected chi connectivity index (χ3v) is 2.93. The lowest BCUT2D eigenvalue weighted by molar-refractivity contribution is 0.244. The highest BCUT2D eigenvalue weighted by molar-refractivity contribution is 4.84. The first kappa shape index (κ1) is 12.0. The molecule has 1 aliphatic rings. The maximum Gasteiger partial charge on any atom is 0.00964 e. The summed E-state index contributed by atoms with van der Waals surface area (Å²) in [6.45, 7) is 8.40. The van der Waals surface area contributed by atoms with E-state index >= 15 is 0 Å². The van der Waals surface area contributed by atoms with E-state index in [1.54, 1.807) is 0 Å². The molecule has 0 unspecified atom stereocenters. The largest absolute Gasteiger partial charge is 0.320 e. The van der Waals surface area contributed by atoms with Crippen molar-refractivity contribution in [2.45, 2.75) is 45.6 Å².